The Morgan fingerprint density at radius 1 is 1.40 bits per heavy atom. The quantitative estimate of drug-likeness (QED) is 0.819. The summed E-state index contributed by atoms with van der Waals surface area (Å²) in [7, 11) is 0. The summed E-state index contributed by atoms with van der Waals surface area (Å²) in [4.78, 5) is 31.7. The summed E-state index contributed by atoms with van der Waals surface area (Å²) in [5, 5.41) is 3.25. The average Bonchev–Trinajstić information content (AvgIpc) is 2.93. The maximum absolute atomic E-state index is 12.0. The maximum atomic E-state index is 12.0. The van der Waals surface area contributed by atoms with Crippen LogP contribution in [0.3, 0.4) is 0 Å². The van der Waals surface area contributed by atoms with Crippen LogP contribution in [0.25, 0.3) is 0 Å². The monoisotopic (exact) mass is 328 g/mol. The number of carbonyl (C=O) groups excluding carboxylic acids is 2. The molecule has 0 aliphatic carbocycles. The van der Waals surface area contributed by atoms with E-state index in [1.165, 1.54) is 34.4 Å². The molecule has 0 aliphatic rings. The summed E-state index contributed by atoms with van der Waals surface area (Å²) in [6, 6.07) is 0. The number of thiazole rings is 2. The number of carbonyl (C=O) groups is 2. The van der Waals surface area contributed by atoms with E-state index in [0.717, 1.165) is 9.90 Å². The largest absolute Gasteiger partial charge is 0.369 e. The molecule has 2 aromatic rings. The first-order chi connectivity index (χ1) is 9.47. The van der Waals surface area contributed by atoms with Gasteiger partial charge in [0.25, 0.3) is 5.91 Å². The van der Waals surface area contributed by atoms with Crippen molar-refractivity contribution in [3.05, 3.63) is 21.8 Å². The first-order valence-corrected chi connectivity index (χ1v) is 8.25. The maximum Gasteiger partial charge on any atom is 0.269 e. The molecule has 0 bridgehead atoms. The Bertz CT molecular complexity index is 650. The molecule has 0 aromatic carbocycles. The van der Waals surface area contributed by atoms with Crippen molar-refractivity contribution in [2.24, 2.45) is 5.73 Å². The van der Waals surface area contributed by atoms with Gasteiger partial charge in [0.1, 0.15) is 4.88 Å². The van der Waals surface area contributed by atoms with Crippen LogP contribution >= 0.6 is 34.4 Å². The zero-order chi connectivity index (χ0) is 14.7. The van der Waals surface area contributed by atoms with Crippen LogP contribution < -0.4 is 11.1 Å². The zero-order valence-electron chi connectivity index (χ0n) is 10.8. The Kier molecular flexibility index (Phi) is 4.73. The number of aromatic nitrogens is 2. The van der Waals surface area contributed by atoms with E-state index >= 15 is 0 Å². The standard InChI is InChI=1S/C11H12N4O2S3/c1-5-8(19-4-13-5)9(17)15-11-14-6(2)10(20-11)18-3-7(12)16/h4H,3H2,1-2H3,(H2,12,16)(H,14,15,17). The number of nitrogens with zero attached hydrogens (tertiary/aromatic N) is 2. The van der Waals surface area contributed by atoms with Crippen molar-refractivity contribution >= 4 is 51.4 Å². The zero-order valence-corrected chi connectivity index (χ0v) is 13.2. The van der Waals surface area contributed by atoms with Crippen molar-refractivity contribution in [2.45, 2.75) is 18.1 Å². The average molecular weight is 328 g/mol. The summed E-state index contributed by atoms with van der Waals surface area (Å²) in [6.07, 6.45) is 0. The van der Waals surface area contributed by atoms with Gasteiger partial charge in [-0.1, -0.05) is 11.3 Å². The van der Waals surface area contributed by atoms with Crippen LogP contribution in [0.15, 0.2) is 9.72 Å². The number of hydrogen-bond donors (Lipinski definition) is 2. The molecule has 2 aromatic heterocycles. The van der Waals surface area contributed by atoms with Gasteiger partial charge in [0.15, 0.2) is 5.13 Å². The minimum Gasteiger partial charge on any atom is -0.369 e. The predicted molar refractivity (Wildman–Crippen MR) is 81.6 cm³/mol. The van der Waals surface area contributed by atoms with E-state index in [9.17, 15) is 9.59 Å². The van der Waals surface area contributed by atoms with E-state index in [4.69, 9.17) is 5.73 Å². The molecule has 9 heteroatoms. The van der Waals surface area contributed by atoms with Gasteiger partial charge in [0.05, 0.1) is 26.9 Å². The highest BCUT2D eigenvalue weighted by molar-refractivity contribution is 8.01. The molecular weight excluding hydrogens is 316 g/mol. The highest BCUT2D eigenvalue weighted by Crippen LogP contribution is 2.32. The van der Waals surface area contributed by atoms with Crippen LogP contribution in [0.5, 0.6) is 0 Å². The molecule has 2 amide bonds. The Morgan fingerprint density at radius 2 is 2.15 bits per heavy atom. The summed E-state index contributed by atoms with van der Waals surface area (Å²) in [6.45, 7) is 3.61. The van der Waals surface area contributed by atoms with Crippen LogP contribution in [-0.4, -0.2) is 27.5 Å². The third-order valence-corrected chi connectivity index (χ3v) is 5.66. The van der Waals surface area contributed by atoms with Crippen LogP contribution in [0.2, 0.25) is 0 Å². The molecule has 0 fully saturated rings. The molecule has 6 nitrogen and oxygen atoms in total. The van der Waals surface area contributed by atoms with Gasteiger partial charge >= 0.3 is 0 Å². The minimum atomic E-state index is -0.381. The Morgan fingerprint density at radius 3 is 2.75 bits per heavy atom. The van der Waals surface area contributed by atoms with Crippen molar-refractivity contribution in [3.8, 4) is 0 Å². The summed E-state index contributed by atoms with van der Waals surface area (Å²) < 4.78 is 0.875. The number of aryl methyl sites for hydroxylation is 2. The third-order valence-electron chi connectivity index (χ3n) is 2.27. The predicted octanol–water partition coefficient (Wildman–Crippen LogP) is 2.05. The van der Waals surface area contributed by atoms with Gasteiger partial charge in [-0.15, -0.1) is 23.1 Å². The van der Waals surface area contributed by atoms with Crippen LogP contribution in [0.1, 0.15) is 21.1 Å². The second-order valence-electron chi connectivity index (χ2n) is 3.87. The summed E-state index contributed by atoms with van der Waals surface area (Å²) in [5.74, 6) is -0.399. The Hall–Kier alpha value is -1.45. The number of anilines is 1. The van der Waals surface area contributed by atoms with Gasteiger partial charge in [0.2, 0.25) is 5.91 Å². The van der Waals surface area contributed by atoms with E-state index < -0.39 is 0 Å². The topological polar surface area (TPSA) is 98.0 Å². The second kappa shape index (κ2) is 6.33. The fourth-order valence-corrected chi connectivity index (χ4v) is 3.95. The molecule has 0 unspecified atom stereocenters. The molecule has 0 aliphatic heterocycles. The third kappa shape index (κ3) is 3.56. The van der Waals surface area contributed by atoms with Gasteiger partial charge in [-0.05, 0) is 13.8 Å². The highest BCUT2D eigenvalue weighted by atomic mass is 32.2. The van der Waals surface area contributed by atoms with Crippen molar-refractivity contribution in [1.82, 2.24) is 9.97 Å². The lowest BCUT2D eigenvalue weighted by molar-refractivity contribution is -0.115. The highest BCUT2D eigenvalue weighted by Gasteiger charge is 2.15. The van der Waals surface area contributed by atoms with Crippen LogP contribution in [-0.2, 0) is 4.79 Å². The molecular formula is C11H12N4O2S3. The van der Waals surface area contributed by atoms with Crippen molar-refractivity contribution in [3.63, 3.8) is 0 Å². The van der Waals surface area contributed by atoms with Crippen molar-refractivity contribution in [1.29, 1.82) is 0 Å². The second-order valence-corrected chi connectivity index (χ2v) is 6.97. The summed E-state index contributed by atoms with van der Waals surface area (Å²) >= 11 is 3.94. The lowest BCUT2D eigenvalue weighted by Crippen LogP contribution is -2.12. The van der Waals surface area contributed by atoms with Gasteiger partial charge in [-0.25, -0.2) is 9.97 Å². The van der Waals surface area contributed by atoms with E-state index in [1.807, 2.05) is 6.92 Å². The Labute approximate surface area is 127 Å². The number of thioether (sulfide) groups is 1. The fraction of sp³-hybridized carbons (Fsp3) is 0.273. The van der Waals surface area contributed by atoms with E-state index in [1.54, 1.807) is 12.4 Å². The fourth-order valence-electron chi connectivity index (χ4n) is 1.38. The van der Waals surface area contributed by atoms with Gasteiger partial charge < -0.3 is 5.73 Å². The normalized spacial score (nSPS) is 10.5. The lowest BCUT2D eigenvalue weighted by atomic mass is 10.4. The van der Waals surface area contributed by atoms with Crippen molar-refractivity contribution in [2.75, 3.05) is 11.1 Å². The van der Waals surface area contributed by atoms with Gasteiger partial charge in [-0.3, -0.25) is 14.9 Å². The molecule has 3 N–H and O–H groups in total. The molecule has 106 valence electrons. The number of amides is 2. The molecule has 2 rings (SSSR count). The SMILES string of the molecule is Cc1nc(NC(=O)c2scnc2C)sc1SCC(N)=O. The first kappa shape index (κ1) is 14.9. The Balaban J connectivity index is 2.07. The first-order valence-electron chi connectivity index (χ1n) is 5.57. The number of hydrogen-bond acceptors (Lipinski definition) is 7. The minimum absolute atomic E-state index is 0.199. The van der Waals surface area contributed by atoms with Gasteiger partial charge in [-0.2, -0.15) is 0 Å². The van der Waals surface area contributed by atoms with E-state index in [-0.39, 0.29) is 17.6 Å². The van der Waals surface area contributed by atoms with Crippen LogP contribution in [0.4, 0.5) is 5.13 Å². The van der Waals surface area contributed by atoms with Crippen molar-refractivity contribution < 1.29 is 9.59 Å². The van der Waals surface area contributed by atoms with Crippen LogP contribution in [0, 0.1) is 13.8 Å². The number of rotatable bonds is 5. The molecule has 0 atom stereocenters. The molecule has 0 radical (unpaired) electrons. The van der Waals surface area contributed by atoms with E-state index in [0.29, 0.717) is 15.7 Å². The number of primary amides is 1. The molecule has 2 heterocycles. The molecule has 0 saturated heterocycles. The van der Waals surface area contributed by atoms with Gasteiger partial charge in [0, 0.05) is 0 Å². The van der Waals surface area contributed by atoms with E-state index in [2.05, 4.69) is 15.3 Å². The summed E-state index contributed by atoms with van der Waals surface area (Å²) in [5.41, 5.74) is 8.21. The smallest absolute Gasteiger partial charge is 0.269 e. The molecule has 0 saturated carbocycles. The molecule has 20 heavy (non-hydrogen) atoms. The molecule has 0 spiro atoms. The number of nitrogens with two attached hydrogens (primary N) is 1. The lowest BCUT2D eigenvalue weighted by Gasteiger charge is -1.98. The number of nitrogens with one attached hydrogen (secondary N) is 1.